The van der Waals surface area contributed by atoms with Crippen LogP contribution in [-0.2, 0) is 17.9 Å². The van der Waals surface area contributed by atoms with Gasteiger partial charge in [-0.15, -0.1) is 0 Å². The van der Waals surface area contributed by atoms with Crippen LogP contribution in [0.3, 0.4) is 0 Å². The first-order valence-corrected chi connectivity index (χ1v) is 11.2. The summed E-state index contributed by atoms with van der Waals surface area (Å²) in [5.41, 5.74) is 1.70. The zero-order chi connectivity index (χ0) is 20.5. The van der Waals surface area contributed by atoms with E-state index in [1.54, 1.807) is 9.13 Å². The molecule has 3 heterocycles. The molecule has 0 aliphatic carbocycles. The highest BCUT2D eigenvalue weighted by Crippen LogP contribution is 2.30. The van der Waals surface area contributed by atoms with Crippen LogP contribution in [0.1, 0.15) is 52.9 Å². The number of nitrogens with zero attached hydrogens (tertiary/aromatic N) is 4. The van der Waals surface area contributed by atoms with Gasteiger partial charge in [-0.2, -0.15) is 0 Å². The normalized spacial score (nSPS) is 25.8. The highest BCUT2D eigenvalue weighted by Gasteiger charge is 2.36. The number of likely N-dealkylation sites (tertiary alicyclic amines) is 2. The molecule has 1 aromatic heterocycles. The number of hydrogen-bond acceptors (Lipinski definition) is 3. The predicted molar refractivity (Wildman–Crippen MR) is 116 cm³/mol. The van der Waals surface area contributed by atoms with E-state index in [-0.39, 0.29) is 18.1 Å². The van der Waals surface area contributed by atoms with E-state index >= 15 is 0 Å². The molecule has 6 nitrogen and oxygen atoms in total. The number of aryl methyl sites for hydroxylation is 1. The number of carbonyl (C=O) groups excluding carboxylic acids is 1. The van der Waals surface area contributed by atoms with Gasteiger partial charge in [-0.3, -0.25) is 18.8 Å². The maximum atomic E-state index is 13.2. The molecular weight excluding hydrogens is 364 g/mol. The third-order valence-electron chi connectivity index (χ3n) is 6.86. The van der Waals surface area contributed by atoms with E-state index in [0.717, 1.165) is 43.4 Å². The number of rotatable bonds is 5. The van der Waals surface area contributed by atoms with E-state index < -0.39 is 0 Å². The Morgan fingerprint density at radius 2 is 1.69 bits per heavy atom. The summed E-state index contributed by atoms with van der Waals surface area (Å²) in [5, 5.41) is 0. The van der Waals surface area contributed by atoms with Gasteiger partial charge in [0, 0.05) is 37.8 Å². The molecule has 0 N–H and O–H groups in total. The molecule has 2 aliphatic rings. The van der Waals surface area contributed by atoms with Crippen molar-refractivity contribution >= 4 is 16.9 Å². The SMILES string of the molecule is CCCn1c(=O)n(CC(=O)N2CCC[C@H](N3[C@H](C)CC[C@H]3C)C2)c2ccccc21. The summed E-state index contributed by atoms with van der Waals surface area (Å²) >= 11 is 0. The minimum absolute atomic E-state index is 0.0655. The lowest BCUT2D eigenvalue weighted by molar-refractivity contribution is -0.134. The van der Waals surface area contributed by atoms with E-state index in [1.807, 2.05) is 29.2 Å². The number of piperidine rings is 1. The summed E-state index contributed by atoms with van der Waals surface area (Å²) < 4.78 is 3.47. The first-order chi connectivity index (χ1) is 14.0. The van der Waals surface area contributed by atoms with Gasteiger partial charge in [-0.25, -0.2) is 4.79 Å². The molecule has 4 rings (SSSR count). The van der Waals surface area contributed by atoms with Crippen molar-refractivity contribution in [3.63, 3.8) is 0 Å². The third kappa shape index (κ3) is 3.75. The molecule has 0 radical (unpaired) electrons. The second-order valence-corrected chi connectivity index (χ2v) is 8.87. The summed E-state index contributed by atoms with van der Waals surface area (Å²) in [5.74, 6) is 0.0655. The molecule has 2 saturated heterocycles. The summed E-state index contributed by atoms with van der Waals surface area (Å²) in [6, 6.07) is 9.45. The molecule has 2 fully saturated rings. The van der Waals surface area contributed by atoms with Gasteiger partial charge in [0.1, 0.15) is 6.54 Å². The molecule has 1 aromatic carbocycles. The lowest BCUT2D eigenvalue weighted by Crippen LogP contribution is -2.53. The van der Waals surface area contributed by atoms with Crippen LogP contribution < -0.4 is 5.69 Å². The molecule has 2 aromatic rings. The highest BCUT2D eigenvalue weighted by molar-refractivity contribution is 5.81. The third-order valence-corrected chi connectivity index (χ3v) is 6.86. The Balaban J connectivity index is 1.54. The van der Waals surface area contributed by atoms with E-state index in [4.69, 9.17) is 0 Å². The Labute approximate surface area is 173 Å². The number of para-hydroxylation sites is 2. The van der Waals surface area contributed by atoms with Gasteiger partial charge in [0.05, 0.1) is 11.0 Å². The van der Waals surface area contributed by atoms with Gasteiger partial charge in [0.2, 0.25) is 5.91 Å². The van der Waals surface area contributed by atoms with Gasteiger partial charge in [-0.05, 0) is 58.1 Å². The average Bonchev–Trinajstić information content (AvgIpc) is 3.20. The number of imidazole rings is 1. The maximum Gasteiger partial charge on any atom is 0.329 e. The minimum Gasteiger partial charge on any atom is -0.340 e. The molecule has 2 aliphatic heterocycles. The summed E-state index contributed by atoms with van der Waals surface area (Å²) in [6.45, 7) is 9.09. The maximum absolute atomic E-state index is 13.2. The second kappa shape index (κ2) is 8.34. The van der Waals surface area contributed by atoms with Crippen LogP contribution in [0.4, 0.5) is 0 Å². The van der Waals surface area contributed by atoms with Gasteiger partial charge < -0.3 is 4.90 Å². The predicted octanol–water partition coefficient (Wildman–Crippen LogP) is 3.08. The first kappa shape index (κ1) is 20.2. The van der Waals surface area contributed by atoms with Crippen LogP contribution in [-0.4, -0.2) is 56.1 Å². The fraction of sp³-hybridized carbons (Fsp3) is 0.652. The van der Waals surface area contributed by atoms with Crippen LogP contribution in [0.2, 0.25) is 0 Å². The Morgan fingerprint density at radius 3 is 2.34 bits per heavy atom. The Kier molecular flexibility index (Phi) is 5.81. The van der Waals surface area contributed by atoms with Gasteiger partial charge in [0.15, 0.2) is 0 Å². The number of hydrogen-bond donors (Lipinski definition) is 0. The molecule has 0 bridgehead atoms. The second-order valence-electron chi connectivity index (χ2n) is 8.87. The lowest BCUT2D eigenvalue weighted by Gasteiger charge is -2.41. The summed E-state index contributed by atoms with van der Waals surface area (Å²) in [6.07, 6.45) is 5.59. The Hall–Kier alpha value is -2.08. The fourth-order valence-electron chi connectivity index (χ4n) is 5.46. The van der Waals surface area contributed by atoms with E-state index in [2.05, 4.69) is 25.7 Å². The molecule has 3 atom stereocenters. The smallest absolute Gasteiger partial charge is 0.329 e. The number of benzene rings is 1. The van der Waals surface area contributed by atoms with E-state index in [9.17, 15) is 9.59 Å². The zero-order valence-electron chi connectivity index (χ0n) is 18.0. The van der Waals surface area contributed by atoms with E-state index in [0.29, 0.717) is 24.7 Å². The number of carbonyl (C=O) groups is 1. The average molecular weight is 399 g/mol. The number of amides is 1. The molecule has 158 valence electrons. The van der Waals surface area contributed by atoms with Crippen molar-refractivity contribution < 1.29 is 4.79 Å². The van der Waals surface area contributed by atoms with Crippen LogP contribution in [0.15, 0.2) is 29.1 Å². The molecule has 29 heavy (non-hydrogen) atoms. The monoisotopic (exact) mass is 398 g/mol. The van der Waals surface area contributed by atoms with Gasteiger partial charge in [-0.1, -0.05) is 19.1 Å². The van der Waals surface area contributed by atoms with Crippen LogP contribution in [0.5, 0.6) is 0 Å². The Bertz CT molecular complexity index is 921. The number of aromatic nitrogens is 2. The molecule has 1 amide bonds. The van der Waals surface area contributed by atoms with Crippen molar-refractivity contribution in [1.29, 1.82) is 0 Å². The minimum atomic E-state index is -0.0725. The van der Waals surface area contributed by atoms with E-state index in [1.165, 1.54) is 12.8 Å². The van der Waals surface area contributed by atoms with Gasteiger partial charge >= 0.3 is 5.69 Å². The van der Waals surface area contributed by atoms with Crippen molar-refractivity contribution in [3.8, 4) is 0 Å². The fourth-order valence-corrected chi connectivity index (χ4v) is 5.46. The zero-order valence-corrected chi connectivity index (χ0v) is 18.0. The van der Waals surface area contributed by atoms with Gasteiger partial charge in [0.25, 0.3) is 0 Å². The molecule has 0 saturated carbocycles. The molecule has 0 spiro atoms. The number of fused-ring (bicyclic) bond motifs is 1. The van der Waals surface area contributed by atoms with Crippen molar-refractivity contribution in [2.24, 2.45) is 0 Å². The quantitative estimate of drug-likeness (QED) is 0.778. The topological polar surface area (TPSA) is 50.5 Å². The summed E-state index contributed by atoms with van der Waals surface area (Å²) in [7, 11) is 0. The van der Waals surface area contributed by atoms with Crippen LogP contribution in [0, 0.1) is 0 Å². The first-order valence-electron chi connectivity index (χ1n) is 11.2. The molecule has 6 heteroatoms. The molecular formula is C23H34N4O2. The van der Waals surface area contributed by atoms with Crippen molar-refractivity contribution in [3.05, 3.63) is 34.7 Å². The molecule has 0 unspecified atom stereocenters. The van der Waals surface area contributed by atoms with Crippen molar-refractivity contribution in [2.75, 3.05) is 13.1 Å². The van der Waals surface area contributed by atoms with Crippen molar-refractivity contribution in [1.82, 2.24) is 18.9 Å². The largest absolute Gasteiger partial charge is 0.340 e. The van der Waals surface area contributed by atoms with Crippen LogP contribution >= 0.6 is 0 Å². The lowest BCUT2D eigenvalue weighted by atomic mass is 10.0. The summed E-state index contributed by atoms with van der Waals surface area (Å²) in [4.78, 5) is 30.8. The highest BCUT2D eigenvalue weighted by atomic mass is 16.2. The van der Waals surface area contributed by atoms with Crippen LogP contribution in [0.25, 0.3) is 11.0 Å². The van der Waals surface area contributed by atoms with Crippen molar-refractivity contribution in [2.45, 2.75) is 84.1 Å². The Morgan fingerprint density at radius 1 is 1.03 bits per heavy atom. The standard InChI is InChI=1S/C23H34N4O2/c1-4-13-25-20-9-5-6-10-21(20)26(23(25)29)16-22(28)24-14-7-8-19(15-24)27-17(2)11-12-18(27)3/h5-6,9-10,17-19H,4,7-8,11-16H2,1-3H3/t17-,18-,19+/m1/s1.